The number of rotatable bonds is 2. The van der Waals surface area contributed by atoms with Gasteiger partial charge in [-0.15, -0.1) is 0 Å². The highest BCUT2D eigenvalue weighted by molar-refractivity contribution is 6.04. The molecule has 2 fully saturated rings. The summed E-state index contributed by atoms with van der Waals surface area (Å²) >= 11 is 0. The van der Waals surface area contributed by atoms with Gasteiger partial charge in [0.15, 0.2) is 5.69 Å². The van der Waals surface area contributed by atoms with Crippen LogP contribution in [0.2, 0.25) is 0 Å². The van der Waals surface area contributed by atoms with E-state index in [0.717, 1.165) is 6.54 Å². The number of morpholine rings is 1. The summed E-state index contributed by atoms with van der Waals surface area (Å²) in [7, 11) is 0. The van der Waals surface area contributed by atoms with E-state index >= 15 is 0 Å². The molecule has 1 aromatic heterocycles. The predicted molar refractivity (Wildman–Crippen MR) is 109 cm³/mol. The number of carbonyl (C=O) groups is 1. The monoisotopic (exact) mass is 390 g/mol. The molecule has 7 nitrogen and oxygen atoms in total. The van der Waals surface area contributed by atoms with Gasteiger partial charge in [-0.2, -0.15) is 5.10 Å². The Kier molecular flexibility index (Phi) is 4.61. The quantitative estimate of drug-likeness (QED) is 0.722. The Morgan fingerprint density at radius 1 is 1.00 bits per heavy atom. The van der Waals surface area contributed by atoms with Gasteiger partial charge in [-0.1, -0.05) is 48.5 Å². The Labute approximate surface area is 167 Å². The van der Waals surface area contributed by atoms with Crippen molar-refractivity contribution >= 4 is 16.7 Å². The summed E-state index contributed by atoms with van der Waals surface area (Å²) in [6.07, 6.45) is 0. The average Bonchev–Trinajstić information content (AvgIpc) is 2.79. The first-order valence-electron chi connectivity index (χ1n) is 9.87. The second kappa shape index (κ2) is 7.42. The van der Waals surface area contributed by atoms with Crippen LogP contribution in [0.1, 0.15) is 22.1 Å². The Bertz CT molecular complexity index is 1100. The molecule has 2 atom stereocenters. The van der Waals surface area contributed by atoms with Crippen LogP contribution in [0.15, 0.2) is 59.4 Å². The molecule has 0 aliphatic carbocycles. The summed E-state index contributed by atoms with van der Waals surface area (Å²) in [5.41, 5.74) is 1.25. The van der Waals surface area contributed by atoms with E-state index in [1.165, 1.54) is 5.56 Å². The molecule has 0 bridgehead atoms. The zero-order valence-electron chi connectivity index (χ0n) is 16.0. The van der Waals surface area contributed by atoms with Gasteiger partial charge in [0.1, 0.15) is 0 Å². The molecule has 2 aliphatic heterocycles. The van der Waals surface area contributed by atoms with Crippen LogP contribution in [-0.4, -0.2) is 64.8 Å². The third kappa shape index (κ3) is 3.22. The second-order valence-electron chi connectivity index (χ2n) is 7.55. The Hall–Kier alpha value is -3.03. The predicted octanol–water partition coefficient (Wildman–Crippen LogP) is 1.82. The summed E-state index contributed by atoms with van der Waals surface area (Å²) in [5, 5.41) is 7.60. The lowest BCUT2D eigenvalue weighted by molar-refractivity contribution is -0.0770. The first-order valence-corrected chi connectivity index (χ1v) is 9.87. The van der Waals surface area contributed by atoms with Crippen molar-refractivity contribution in [3.05, 3.63) is 76.2 Å². The number of carbonyl (C=O) groups excluding carboxylic acids is 1. The van der Waals surface area contributed by atoms with Crippen molar-refractivity contribution in [1.82, 2.24) is 20.0 Å². The summed E-state index contributed by atoms with van der Waals surface area (Å²) in [6.45, 7) is 3.25. The minimum absolute atomic E-state index is 0.140. The van der Waals surface area contributed by atoms with E-state index in [0.29, 0.717) is 42.8 Å². The lowest BCUT2D eigenvalue weighted by Crippen LogP contribution is -2.60. The van der Waals surface area contributed by atoms with E-state index in [-0.39, 0.29) is 23.6 Å². The molecule has 2 aliphatic rings. The summed E-state index contributed by atoms with van der Waals surface area (Å²) in [4.78, 5) is 29.5. The van der Waals surface area contributed by atoms with Crippen molar-refractivity contribution < 1.29 is 9.53 Å². The fourth-order valence-corrected chi connectivity index (χ4v) is 4.41. The van der Waals surface area contributed by atoms with Gasteiger partial charge in [0.2, 0.25) is 0 Å². The normalized spacial score (nSPS) is 22.4. The summed E-state index contributed by atoms with van der Waals surface area (Å²) in [6, 6.07) is 17.8. The average molecular weight is 390 g/mol. The molecule has 3 aromatic rings. The van der Waals surface area contributed by atoms with Gasteiger partial charge >= 0.3 is 0 Å². The molecule has 0 spiro atoms. The molecule has 0 unspecified atom stereocenters. The first kappa shape index (κ1) is 18.0. The van der Waals surface area contributed by atoms with E-state index in [2.05, 4.69) is 27.2 Å². The van der Waals surface area contributed by atoms with Crippen LogP contribution in [-0.2, 0) is 4.74 Å². The van der Waals surface area contributed by atoms with E-state index in [1.54, 1.807) is 18.2 Å². The molecule has 0 saturated carbocycles. The molecule has 0 radical (unpaired) electrons. The SMILES string of the molecule is O=C(c1n[nH]c(=O)c2ccccc12)N1CCN2[C@@H](COC[C@@H]2c2ccccc2)C1. The number of amides is 1. The largest absolute Gasteiger partial charge is 0.378 e. The number of piperazine rings is 1. The number of ether oxygens (including phenoxy) is 1. The lowest BCUT2D eigenvalue weighted by Gasteiger charge is -2.48. The number of fused-ring (bicyclic) bond motifs is 2. The molecule has 2 saturated heterocycles. The maximum atomic E-state index is 13.2. The third-order valence-electron chi connectivity index (χ3n) is 5.88. The van der Waals surface area contributed by atoms with Crippen LogP contribution in [0.25, 0.3) is 10.8 Å². The van der Waals surface area contributed by atoms with Gasteiger partial charge in [-0.05, 0) is 11.6 Å². The van der Waals surface area contributed by atoms with E-state index in [9.17, 15) is 9.59 Å². The smallest absolute Gasteiger partial charge is 0.275 e. The molecule has 2 aromatic carbocycles. The molecule has 5 rings (SSSR count). The first-order chi connectivity index (χ1) is 14.2. The van der Waals surface area contributed by atoms with Gasteiger partial charge in [0.25, 0.3) is 11.5 Å². The number of hydrogen-bond donors (Lipinski definition) is 1. The van der Waals surface area contributed by atoms with E-state index in [4.69, 9.17) is 4.74 Å². The third-order valence-corrected chi connectivity index (χ3v) is 5.88. The lowest BCUT2D eigenvalue weighted by atomic mass is 10.00. The summed E-state index contributed by atoms with van der Waals surface area (Å²) < 4.78 is 5.88. The molecule has 7 heteroatoms. The van der Waals surface area contributed by atoms with Crippen molar-refractivity contribution in [2.24, 2.45) is 0 Å². The van der Waals surface area contributed by atoms with Crippen LogP contribution < -0.4 is 5.56 Å². The second-order valence-corrected chi connectivity index (χ2v) is 7.55. The molecule has 3 heterocycles. The number of hydrogen-bond acceptors (Lipinski definition) is 5. The van der Waals surface area contributed by atoms with Crippen molar-refractivity contribution in [2.45, 2.75) is 12.1 Å². The number of aromatic nitrogens is 2. The Balaban J connectivity index is 1.39. The number of benzene rings is 2. The summed E-state index contributed by atoms with van der Waals surface area (Å²) in [5.74, 6) is -0.154. The van der Waals surface area contributed by atoms with E-state index in [1.807, 2.05) is 29.2 Å². The number of nitrogens with one attached hydrogen (secondary N) is 1. The number of H-pyrrole nitrogens is 1. The highest BCUT2D eigenvalue weighted by Gasteiger charge is 2.38. The van der Waals surface area contributed by atoms with Crippen molar-refractivity contribution in [1.29, 1.82) is 0 Å². The van der Waals surface area contributed by atoms with Crippen molar-refractivity contribution in [3.63, 3.8) is 0 Å². The zero-order chi connectivity index (χ0) is 19.8. The van der Waals surface area contributed by atoms with Crippen LogP contribution in [0.4, 0.5) is 0 Å². The molecular formula is C22H22N4O3. The van der Waals surface area contributed by atoms with Gasteiger partial charge in [-0.25, -0.2) is 5.10 Å². The molecular weight excluding hydrogens is 368 g/mol. The highest BCUT2D eigenvalue weighted by atomic mass is 16.5. The number of aromatic amines is 1. The topological polar surface area (TPSA) is 78.5 Å². The minimum Gasteiger partial charge on any atom is -0.378 e. The highest BCUT2D eigenvalue weighted by Crippen LogP contribution is 2.30. The van der Waals surface area contributed by atoms with Crippen LogP contribution >= 0.6 is 0 Å². The minimum atomic E-state index is -0.284. The Morgan fingerprint density at radius 3 is 2.59 bits per heavy atom. The fraction of sp³-hybridized carbons (Fsp3) is 0.318. The maximum absolute atomic E-state index is 13.2. The number of nitrogens with zero attached hydrogens (tertiary/aromatic N) is 3. The van der Waals surface area contributed by atoms with Gasteiger partial charge in [0.05, 0.1) is 30.7 Å². The molecule has 1 N–H and O–H groups in total. The molecule has 148 valence electrons. The maximum Gasteiger partial charge on any atom is 0.275 e. The van der Waals surface area contributed by atoms with Gasteiger partial charge in [0, 0.05) is 25.0 Å². The van der Waals surface area contributed by atoms with Gasteiger partial charge < -0.3 is 9.64 Å². The van der Waals surface area contributed by atoms with Crippen LogP contribution in [0.5, 0.6) is 0 Å². The molecule has 1 amide bonds. The molecule has 29 heavy (non-hydrogen) atoms. The van der Waals surface area contributed by atoms with E-state index < -0.39 is 0 Å². The fourth-order valence-electron chi connectivity index (χ4n) is 4.41. The van der Waals surface area contributed by atoms with Crippen LogP contribution in [0, 0.1) is 0 Å². The van der Waals surface area contributed by atoms with Crippen LogP contribution in [0.3, 0.4) is 0 Å². The zero-order valence-corrected chi connectivity index (χ0v) is 16.0. The van der Waals surface area contributed by atoms with Crippen molar-refractivity contribution in [2.75, 3.05) is 32.8 Å². The Morgan fingerprint density at radius 2 is 1.76 bits per heavy atom. The van der Waals surface area contributed by atoms with Gasteiger partial charge in [-0.3, -0.25) is 14.5 Å². The standard InChI is InChI=1S/C22H22N4O3/c27-21-18-9-5-4-8-17(18)20(23-24-21)22(28)25-10-11-26-16(12-25)13-29-14-19(26)15-6-2-1-3-7-15/h1-9,16,19H,10-14H2,(H,24,27)/t16-,19-/m1/s1. The van der Waals surface area contributed by atoms with Crippen molar-refractivity contribution in [3.8, 4) is 0 Å².